The molecule has 7 nitrogen and oxygen atoms in total. The molecule has 1 atom stereocenters. The van der Waals surface area contributed by atoms with Gasteiger partial charge in [0, 0.05) is 36.4 Å². The maximum Gasteiger partial charge on any atom is 0.263 e. The number of nitrogens with zero attached hydrogens (tertiary/aromatic N) is 2. The van der Waals surface area contributed by atoms with Gasteiger partial charge in [-0.3, -0.25) is 5.10 Å². The quantitative estimate of drug-likeness (QED) is 0.820. The Morgan fingerprint density at radius 2 is 2.24 bits per heavy atom. The number of morpholine rings is 1. The fourth-order valence-electron chi connectivity index (χ4n) is 2.57. The highest BCUT2D eigenvalue weighted by Crippen LogP contribution is 2.25. The van der Waals surface area contributed by atoms with Crippen LogP contribution in [0.5, 0.6) is 0 Å². The van der Waals surface area contributed by atoms with Crippen LogP contribution in [0.3, 0.4) is 0 Å². The van der Waals surface area contributed by atoms with E-state index in [1.807, 2.05) is 13.8 Å². The number of H-pyrrole nitrogens is 1. The third-order valence-corrected chi connectivity index (χ3v) is 6.03. The lowest BCUT2D eigenvalue weighted by Gasteiger charge is -2.31. The first kappa shape index (κ1) is 15.0. The summed E-state index contributed by atoms with van der Waals surface area (Å²) < 4.78 is 32.5. The number of aryl methyl sites for hydroxylation is 1. The second-order valence-electron chi connectivity index (χ2n) is 5.83. The van der Waals surface area contributed by atoms with Crippen molar-refractivity contribution in [3.8, 4) is 0 Å². The van der Waals surface area contributed by atoms with E-state index in [2.05, 4.69) is 15.5 Å². The third kappa shape index (κ3) is 2.98. The maximum absolute atomic E-state index is 12.9. The first-order valence-electron chi connectivity index (χ1n) is 7.37. The fourth-order valence-corrected chi connectivity index (χ4v) is 4.33. The predicted molar refractivity (Wildman–Crippen MR) is 77.4 cm³/mol. The van der Waals surface area contributed by atoms with E-state index in [-0.39, 0.29) is 11.1 Å². The number of aromatic nitrogens is 2. The van der Waals surface area contributed by atoms with Crippen molar-refractivity contribution in [3.63, 3.8) is 0 Å². The Bertz CT molecular complexity index is 609. The van der Waals surface area contributed by atoms with Gasteiger partial charge >= 0.3 is 0 Å². The number of sulfonamides is 1. The Morgan fingerprint density at radius 1 is 1.48 bits per heavy atom. The molecule has 118 valence electrons. The topological polar surface area (TPSA) is 87.3 Å². The van der Waals surface area contributed by atoms with E-state index in [0.717, 1.165) is 11.3 Å². The van der Waals surface area contributed by atoms with Gasteiger partial charge in [0.05, 0.1) is 13.2 Å². The molecule has 0 radical (unpaired) electrons. The molecule has 0 bridgehead atoms. The van der Waals surface area contributed by atoms with Crippen LogP contribution in [-0.2, 0) is 21.3 Å². The lowest BCUT2D eigenvalue weighted by Crippen LogP contribution is -2.47. The average molecular weight is 314 g/mol. The molecule has 3 rings (SSSR count). The van der Waals surface area contributed by atoms with Gasteiger partial charge in [0.25, 0.3) is 10.0 Å². The minimum atomic E-state index is -3.58. The molecular weight excluding hydrogens is 292 g/mol. The summed E-state index contributed by atoms with van der Waals surface area (Å²) in [7, 11) is -3.58. The molecule has 2 N–H and O–H groups in total. The van der Waals surface area contributed by atoms with E-state index >= 15 is 0 Å². The maximum atomic E-state index is 12.9. The molecule has 0 amide bonds. The lowest BCUT2D eigenvalue weighted by atomic mass is 10.2. The molecule has 0 aromatic carbocycles. The smallest absolute Gasteiger partial charge is 0.263 e. The van der Waals surface area contributed by atoms with E-state index < -0.39 is 10.0 Å². The number of aromatic amines is 1. The van der Waals surface area contributed by atoms with Crippen LogP contribution in [0.2, 0.25) is 0 Å². The highest BCUT2D eigenvalue weighted by molar-refractivity contribution is 7.89. The van der Waals surface area contributed by atoms with Crippen LogP contribution in [0, 0.1) is 6.92 Å². The van der Waals surface area contributed by atoms with Crippen molar-refractivity contribution in [3.05, 3.63) is 11.3 Å². The number of rotatable bonds is 5. The van der Waals surface area contributed by atoms with E-state index in [9.17, 15) is 8.42 Å². The normalized spacial score (nSPS) is 24.4. The number of nitrogens with one attached hydrogen (secondary N) is 2. The second-order valence-corrected chi connectivity index (χ2v) is 7.63. The number of ether oxygens (including phenoxy) is 1. The first-order valence-corrected chi connectivity index (χ1v) is 8.81. The Balaban J connectivity index is 1.87. The molecule has 1 aromatic rings. The van der Waals surface area contributed by atoms with E-state index in [4.69, 9.17) is 4.74 Å². The Kier molecular flexibility index (Phi) is 4.04. The molecule has 1 aromatic heterocycles. The van der Waals surface area contributed by atoms with Crippen molar-refractivity contribution >= 4 is 10.0 Å². The summed E-state index contributed by atoms with van der Waals surface area (Å²) >= 11 is 0. The summed E-state index contributed by atoms with van der Waals surface area (Å²) in [5.41, 5.74) is 1.56. The van der Waals surface area contributed by atoms with Gasteiger partial charge in [-0.2, -0.15) is 9.40 Å². The molecule has 2 fully saturated rings. The van der Waals surface area contributed by atoms with E-state index in [1.165, 1.54) is 17.1 Å². The highest BCUT2D eigenvalue weighted by Gasteiger charge is 2.35. The standard InChI is InChI=1S/C13H22N4O3S/c1-9-8-20-6-5-17(9)21(18,19)13-12(10(2)15-16-13)7-14-11-3-4-11/h9,11,14H,3-8H2,1-2H3,(H,15,16). The minimum absolute atomic E-state index is 0.155. The molecular formula is C13H22N4O3S. The molecule has 2 aliphatic rings. The van der Waals surface area contributed by atoms with Crippen LogP contribution in [0.15, 0.2) is 5.03 Å². The SMILES string of the molecule is Cc1[nH]nc(S(=O)(=O)N2CCOCC2C)c1CNC1CC1. The van der Waals surface area contributed by atoms with Gasteiger partial charge < -0.3 is 10.1 Å². The van der Waals surface area contributed by atoms with E-state index in [0.29, 0.717) is 32.3 Å². The molecule has 1 aliphatic heterocycles. The van der Waals surface area contributed by atoms with Crippen molar-refractivity contribution in [1.29, 1.82) is 0 Å². The zero-order valence-corrected chi connectivity index (χ0v) is 13.2. The van der Waals surface area contributed by atoms with Crippen LogP contribution < -0.4 is 5.32 Å². The van der Waals surface area contributed by atoms with Crippen molar-refractivity contribution < 1.29 is 13.2 Å². The van der Waals surface area contributed by atoms with Gasteiger partial charge in [-0.1, -0.05) is 0 Å². The summed E-state index contributed by atoms with van der Waals surface area (Å²) in [4.78, 5) is 0. The molecule has 8 heteroatoms. The van der Waals surface area contributed by atoms with Crippen LogP contribution >= 0.6 is 0 Å². The summed E-state index contributed by atoms with van der Waals surface area (Å²) in [6.45, 7) is 5.50. The number of hydrogen-bond donors (Lipinski definition) is 2. The lowest BCUT2D eigenvalue weighted by molar-refractivity contribution is 0.0391. The first-order chi connectivity index (χ1) is 10.00. The van der Waals surface area contributed by atoms with Crippen LogP contribution in [0.25, 0.3) is 0 Å². The van der Waals surface area contributed by atoms with Gasteiger partial charge in [-0.05, 0) is 26.7 Å². The largest absolute Gasteiger partial charge is 0.378 e. The highest BCUT2D eigenvalue weighted by atomic mass is 32.2. The van der Waals surface area contributed by atoms with Crippen molar-refractivity contribution in [1.82, 2.24) is 19.8 Å². The second kappa shape index (κ2) is 5.68. The van der Waals surface area contributed by atoms with Gasteiger partial charge in [0.2, 0.25) is 0 Å². The third-order valence-electron chi connectivity index (χ3n) is 4.04. The summed E-state index contributed by atoms with van der Waals surface area (Å²) in [6.07, 6.45) is 2.33. The van der Waals surface area contributed by atoms with Crippen molar-refractivity contribution in [2.45, 2.75) is 50.3 Å². The Labute approximate surface area is 125 Å². The average Bonchev–Trinajstić information content (AvgIpc) is 3.19. The van der Waals surface area contributed by atoms with E-state index in [1.54, 1.807) is 0 Å². The Morgan fingerprint density at radius 3 is 2.90 bits per heavy atom. The molecule has 2 heterocycles. The van der Waals surface area contributed by atoms with Crippen molar-refractivity contribution in [2.75, 3.05) is 19.8 Å². The zero-order chi connectivity index (χ0) is 15.0. The van der Waals surface area contributed by atoms with Gasteiger partial charge in [-0.25, -0.2) is 8.42 Å². The molecule has 21 heavy (non-hydrogen) atoms. The molecule has 1 unspecified atom stereocenters. The van der Waals surface area contributed by atoms with Crippen molar-refractivity contribution in [2.24, 2.45) is 0 Å². The summed E-state index contributed by atoms with van der Waals surface area (Å²) in [6, 6.07) is 0.363. The predicted octanol–water partition coefficient (Wildman–Crippen LogP) is 0.380. The monoisotopic (exact) mass is 314 g/mol. The van der Waals surface area contributed by atoms with Crippen LogP contribution in [0.4, 0.5) is 0 Å². The van der Waals surface area contributed by atoms with Gasteiger partial charge in [0.15, 0.2) is 5.03 Å². The zero-order valence-electron chi connectivity index (χ0n) is 12.4. The molecule has 1 saturated heterocycles. The molecule has 1 aliphatic carbocycles. The molecule has 1 saturated carbocycles. The van der Waals surface area contributed by atoms with Crippen LogP contribution in [0.1, 0.15) is 31.0 Å². The summed E-state index contributed by atoms with van der Waals surface area (Å²) in [5.74, 6) is 0. The number of hydrogen-bond acceptors (Lipinski definition) is 5. The van der Waals surface area contributed by atoms with Gasteiger partial charge in [-0.15, -0.1) is 0 Å². The summed E-state index contributed by atoms with van der Waals surface area (Å²) in [5, 5.41) is 10.4. The van der Waals surface area contributed by atoms with Crippen LogP contribution in [-0.4, -0.2) is 54.8 Å². The fraction of sp³-hybridized carbons (Fsp3) is 0.769. The molecule has 0 spiro atoms. The minimum Gasteiger partial charge on any atom is -0.378 e. The Hall–Kier alpha value is -0.960. The van der Waals surface area contributed by atoms with Gasteiger partial charge in [0.1, 0.15) is 0 Å².